The van der Waals surface area contributed by atoms with Crippen LogP contribution in [-0.4, -0.2) is 43.9 Å². The van der Waals surface area contributed by atoms with E-state index >= 15 is 0 Å². The van der Waals surface area contributed by atoms with E-state index in [1.807, 2.05) is 52.4 Å². The summed E-state index contributed by atoms with van der Waals surface area (Å²) in [5.41, 5.74) is 2.87. The van der Waals surface area contributed by atoms with E-state index in [-0.39, 0.29) is 18.1 Å². The lowest BCUT2D eigenvalue weighted by Gasteiger charge is -2.09. The number of rotatable bonds is 8. The molecule has 0 radical (unpaired) electrons. The molecule has 1 N–H and O–H groups in total. The number of aryl methyl sites for hydroxylation is 2. The second-order valence-corrected chi connectivity index (χ2v) is 8.90. The average Bonchev–Trinajstić information content (AvgIpc) is 3.51. The van der Waals surface area contributed by atoms with Crippen LogP contribution in [0.25, 0.3) is 16.4 Å². The fraction of sp³-hybridized carbons (Fsp3) is 0.217. The number of H-pyrrole nitrogens is 1. The fourth-order valence-electron chi connectivity index (χ4n) is 3.53. The minimum Gasteiger partial charge on any atom is -0.462 e. The number of carbonyl (C=O) groups is 2. The van der Waals surface area contributed by atoms with Crippen LogP contribution < -0.4 is 0 Å². The van der Waals surface area contributed by atoms with Crippen molar-refractivity contribution in [3.8, 4) is 16.4 Å². The van der Waals surface area contributed by atoms with E-state index in [0.717, 1.165) is 16.4 Å². The normalized spacial score (nSPS) is 11.0. The number of hydrogen-bond donors (Lipinski definition) is 1. The Morgan fingerprint density at radius 2 is 1.81 bits per heavy atom. The van der Waals surface area contributed by atoms with Crippen LogP contribution in [0.4, 0.5) is 0 Å². The van der Waals surface area contributed by atoms with Crippen molar-refractivity contribution >= 4 is 34.9 Å². The molecule has 3 aromatic heterocycles. The molecule has 0 aliphatic heterocycles. The molecule has 0 saturated heterocycles. The number of ketones is 1. The zero-order valence-corrected chi connectivity index (χ0v) is 19.5. The van der Waals surface area contributed by atoms with Crippen molar-refractivity contribution < 1.29 is 14.3 Å². The van der Waals surface area contributed by atoms with Gasteiger partial charge in [0.1, 0.15) is 0 Å². The van der Waals surface area contributed by atoms with Crippen LogP contribution in [-0.2, 0) is 4.74 Å². The summed E-state index contributed by atoms with van der Waals surface area (Å²) >= 11 is 2.87. The van der Waals surface area contributed by atoms with E-state index in [9.17, 15) is 9.59 Å². The predicted octanol–water partition coefficient (Wildman–Crippen LogP) is 5.09. The molecule has 0 amide bonds. The van der Waals surface area contributed by atoms with E-state index in [0.29, 0.717) is 27.7 Å². The van der Waals surface area contributed by atoms with Gasteiger partial charge in [-0.25, -0.2) is 4.79 Å². The minimum absolute atomic E-state index is 0.111. The molecule has 0 unspecified atom stereocenters. The summed E-state index contributed by atoms with van der Waals surface area (Å²) < 4.78 is 7.10. The highest BCUT2D eigenvalue weighted by atomic mass is 32.2. The van der Waals surface area contributed by atoms with E-state index in [4.69, 9.17) is 4.74 Å². The summed E-state index contributed by atoms with van der Waals surface area (Å²) in [4.78, 5) is 29.7. The maximum Gasteiger partial charge on any atom is 0.340 e. The van der Waals surface area contributed by atoms with Crippen molar-refractivity contribution in [1.29, 1.82) is 0 Å². The van der Waals surface area contributed by atoms with Crippen molar-refractivity contribution in [3.63, 3.8) is 0 Å². The number of Topliss-reactive ketones (excluding diaryl/α,β-unsaturated/α-hetero) is 1. The Morgan fingerprint density at radius 1 is 1.06 bits per heavy atom. The molecule has 32 heavy (non-hydrogen) atoms. The van der Waals surface area contributed by atoms with Crippen LogP contribution in [0, 0.1) is 13.8 Å². The number of thioether (sulfide) groups is 1. The molecule has 7 nitrogen and oxygen atoms in total. The molecule has 9 heteroatoms. The first-order valence-corrected chi connectivity index (χ1v) is 11.9. The van der Waals surface area contributed by atoms with Crippen LogP contribution in [0.1, 0.15) is 39.0 Å². The number of hydrogen-bond acceptors (Lipinski definition) is 7. The van der Waals surface area contributed by atoms with Gasteiger partial charge in [0.15, 0.2) is 16.8 Å². The van der Waals surface area contributed by atoms with E-state index in [1.165, 1.54) is 11.8 Å². The van der Waals surface area contributed by atoms with E-state index in [2.05, 4.69) is 15.2 Å². The van der Waals surface area contributed by atoms with E-state index < -0.39 is 5.97 Å². The summed E-state index contributed by atoms with van der Waals surface area (Å²) in [5.74, 6) is 0.178. The highest BCUT2D eigenvalue weighted by molar-refractivity contribution is 7.99. The molecule has 0 aliphatic rings. The average molecular weight is 467 g/mol. The van der Waals surface area contributed by atoms with Gasteiger partial charge in [0.25, 0.3) is 0 Å². The molecule has 4 rings (SSSR count). The van der Waals surface area contributed by atoms with Gasteiger partial charge in [-0.3, -0.25) is 9.36 Å². The smallest absolute Gasteiger partial charge is 0.340 e. The third-order valence-electron chi connectivity index (χ3n) is 4.86. The molecule has 0 saturated carbocycles. The van der Waals surface area contributed by atoms with Gasteiger partial charge in [0, 0.05) is 17.1 Å². The lowest BCUT2D eigenvalue weighted by molar-refractivity contribution is 0.0522. The second-order valence-electron chi connectivity index (χ2n) is 7.01. The number of ether oxygens (including phenoxy) is 1. The zero-order valence-electron chi connectivity index (χ0n) is 17.9. The standard InChI is InChI=1S/C23H22N4O3S2/c1-4-30-22(29)20-15(3)24-14(2)19(20)17(28)13-32-23-26-25-21(18-11-8-12-31-18)27(23)16-9-6-5-7-10-16/h5-12,24H,4,13H2,1-3H3. The molecule has 1 aromatic carbocycles. The summed E-state index contributed by atoms with van der Waals surface area (Å²) in [6.45, 7) is 5.54. The molecular weight excluding hydrogens is 444 g/mol. The number of esters is 1. The summed E-state index contributed by atoms with van der Waals surface area (Å²) in [7, 11) is 0. The number of para-hydroxylation sites is 1. The monoisotopic (exact) mass is 466 g/mol. The first-order valence-electron chi connectivity index (χ1n) is 10.1. The largest absolute Gasteiger partial charge is 0.462 e. The van der Waals surface area contributed by atoms with Crippen molar-refractivity contribution in [2.45, 2.75) is 25.9 Å². The number of aromatic amines is 1. The van der Waals surface area contributed by atoms with Crippen LogP contribution in [0.15, 0.2) is 53.0 Å². The molecule has 0 spiro atoms. The maximum atomic E-state index is 13.2. The van der Waals surface area contributed by atoms with Gasteiger partial charge in [0.2, 0.25) is 0 Å². The predicted molar refractivity (Wildman–Crippen MR) is 126 cm³/mol. The number of nitrogens with one attached hydrogen (secondary N) is 1. The van der Waals surface area contributed by atoms with Crippen LogP contribution in [0.2, 0.25) is 0 Å². The summed E-state index contributed by atoms with van der Waals surface area (Å²) in [6, 6.07) is 13.8. The Balaban J connectivity index is 1.65. The van der Waals surface area contributed by atoms with Gasteiger partial charge in [-0.15, -0.1) is 21.5 Å². The molecule has 0 fully saturated rings. The first kappa shape index (κ1) is 22.0. The molecule has 0 bridgehead atoms. The highest BCUT2D eigenvalue weighted by Gasteiger charge is 2.26. The number of benzene rings is 1. The molecule has 3 heterocycles. The Morgan fingerprint density at radius 3 is 2.50 bits per heavy atom. The van der Waals surface area contributed by atoms with Gasteiger partial charge >= 0.3 is 5.97 Å². The first-order chi connectivity index (χ1) is 15.5. The number of nitrogens with zero attached hydrogens (tertiary/aromatic N) is 3. The van der Waals surface area contributed by atoms with Gasteiger partial charge < -0.3 is 9.72 Å². The third-order valence-corrected chi connectivity index (χ3v) is 6.65. The summed E-state index contributed by atoms with van der Waals surface area (Å²) in [5, 5.41) is 11.3. The van der Waals surface area contributed by atoms with Crippen LogP contribution in [0.3, 0.4) is 0 Å². The van der Waals surface area contributed by atoms with Crippen molar-refractivity contribution in [2.75, 3.05) is 12.4 Å². The molecule has 0 atom stereocenters. The Labute approximate surface area is 193 Å². The van der Waals surface area contributed by atoms with Gasteiger partial charge in [-0.05, 0) is 44.4 Å². The molecule has 0 aliphatic carbocycles. The molecular formula is C23H22N4O3S2. The zero-order chi connectivity index (χ0) is 22.7. The van der Waals surface area contributed by atoms with E-state index in [1.54, 1.807) is 32.1 Å². The number of aromatic nitrogens is 4. The lowest BCUT2D eigenvalue weighted by atomic mass is 10.1. The SMILES string of the molecule is CCOC(=O)c1c(C)[nH]c(C)c1C(=O)CSc1nnc(-c2cccs2)n1-c1ccccc1. The maximum absolute atomic E-state index is 13.2. The van der Waals surface area contributed by atoms with Crippen LogP contribution >= 0.6 is 23.1 Å². The molecule has 4 aromatic rings. The number of carbonyl (C=O) groups excluding carboxylic acids is 2. The Bertz CT molecular complexity index is 1240. The summed E-state index contributed by atoms with van der Waals surface area (Å²) in [6.07, 6.45) is 0. The van der Waals surface area contributed by atoms with Gasteiger partial charge in [-0.1, -0.05) is 36.0 Å². The fourth-order valence-corrected chi connectivity index (χ4v) is 5.05. The minimum atomic E-state index is -0.491. The number of thiophene rings is 1. The quantitative estimate of drug-likeness (QED) is 0.221. The third kappa shape index (κ3) is 4.26. The van der Waals surface area contributed by atoms with Gasteiger partial charge in [0.05, 0.1) is 28.4 Å². The van der Waals surface area contributed by atoms with Gasteiger partial charge in [-0.2, -0.15) is 0 Å². The Kier molecular flexibility index (Phi) is 6.57. The topological polar surface area (TPSA) is 89.9 Å². The van der Waals surface area contributed by atoms with Crippen molar-refractivity contribution in [2.24, 2.45) is 0 Å². The van der Waals surface area contributed by atoms with Crippen LogP contribution in [0.5, 0.6) is 0 Å². The molecule has 164 valence electrons. The second kappa shape index (κ2) is 9.54. The lowest BCUT2D eigenvalue weighted by Crippen LogP contribution is -2.13. The Hall–Kier alpha value is -3.17. The highest BCUT2D eigenvalue weighted by Crippen LogP contribution is 2.31. The van der Waals surface area contributed by atoms with Crippen molar-refractivity contribution in [3.05, 3.63) is 70.4 Å². The van der Waals surface area contributed by atoms with Crippen molar-refractivity contribution in [1.82, 2.24) is 19.7 Å².